The molecule has 152 valence electrons. The summed E-state index contributed by atoms with van der Waals surface area (Å²) >= 11 is 0. The van der Waals surface area contributed by atoms with Crippen LogP contribution < -0.4 is 5.32 Å². The molecule has 0 atom stereocenters. The molecular weight excluding hydrogens is 370 g/mol. The lowest BCUT2D eigenvalue weighted by atomic mass is 10.0. The van der Waals surface area contributed by atoms with Crippen molar-refractivity contribution in [3.8, 4) is 0 Å². The maximum atomic E-state index is 12.9. The lowest BCUT2D eigenvalue weighted by molar-refractivity contribution is -0.181. The number of nitrogens with zero attached hydrogens (tertiary/aromatic N) is 2. The summed E-state index contributed by atoms with van der Waals surface area (Å²) in [4.78, 5) is 31.2. The average Bonchev–Trinajstić information content (AvgIpc) is 3.22. The summed E-state index contributed by atoms with van der Waals surface area (Å²) in [5.41, 5.74) is 1.88. The predicted octanol–water partition coefficient (Wildman–Crippen LogP) is 2.03. The van der Waals surface area contributed by atoms with E-state index in [1.54, 1.807) is 17.0 Å². The smallest absolute Gasteiger partial charge is 0.269 e. The van der Waals surface area contributed by atoms with E-state index in [1.807, 2.05) is 30.3 Å². The Kier molecular flexibility index (Phi) is 5.87. The van der Waals surface area contributed by atoms with Crippen LogP contribution in [0.4, 0.5) is 0 Å². The van der Waals surface area contributed by atoms with E-state index in [9.17, 15) is 9.59 Å². The maximum Gasteiger partial charge on any atom is 0.269 e. The minimum atomic E-state index is -0.515. The molecule has 0 radical (unpaired) electrons. The van der Waals surface area contributed by atoms with E-state index in [1.165, 1.54) is 6.20 Å². The van der Waals surface area contributed by atoms with Gasteiger partial charge in [0.1, 0.15) is 5.69 Å². The summed E-state index contributed by atoms with van der Waals surface area (Å²) in [7, 11) is 0. The van der Waals surface area contributed by atoms with Crippen LogP contribution in [0.25, 0.3) is 0 Å². The van der Waals surface area contributed by atoms with E-state index in [-0.39, 0.29) is 17.5 Å². The molecule has 3 heterocycles. The van der Waals surface area contributed by atoms with Gasteiger partial charge in [0.2, 0.25) is 0 Å². The Labute approximate surface area is 170 Å². The summed E-state index contributed by atoms with van der Waals surface area (Å²) in [6, 6.07) is 13.2. The highest BCUT2D eigenvalue weighted by Crippen LogP contribution is 2.31. The SMILES string of the molecule is O=C(NCCc1ccccc1)c1cc(C(=O)N2CCC3(CC2)OCCO3)ccn1. The Hall–Kier alpha value is -2.77. The fraction of sp³-hybridized carbons (Fsp3) is 0.409. The number of benzene rings is 1. The molecule has 29 heavy (non-hydrogen) atoms. The van der Waals surface area contributed by atoms with Gasteiger partial charge in [-0.15, -0.1) is 0 Å². The molecule has 2 fully saturated rings. The van der Waals surface area contributed by atoms with Gasteiger partial charge in [-0.3, -0.25) is 14.6 Å². The lowest BCUT2D eigenvalue weighted by Crippen LogP contribution is -2.47. The van der Waals surface area contributed by atoms with Crippen LogP contribution in [0, 0.1) is 0 Å². The Morgan fingerprint density at radius 1 is 1.07 bits per heavy atom. The second kappa shape index (κ2) is 8.71. The van der Waals surface area contributed by atoms with E-state index < -0.39 is 5.79 Å². The van der Waals surface area contributed by atoms with E-state index in [0.717, 1.165) is 12.0 Å². The van der Waals surface area contributed by atoms with Gasteiger partial charge in [-0.2, -0.15) is 0 Å². The highest BCUT2D eigenvalue weighted by molar-refractivity contribution is 5.98. The summed E-state index contributed by atoms with van der Waals surface area (Å²) in [6.45, 7) is 2.87. The van der Waals surface area contributed by atoms with Gasteiger partial charge in [-0.25, -0.2) is 0 Å². The van der Waals surface area contributed by atoms with Gasteiger partial charge in [0.05, 0.1) is 13.2 Å². The number of amides is 2. The van der Waals surface area contributed by atoms with Crippen LogP contribution in [0.5, 0.6) is 0 Å². The Balaban J connectivity index is 1.33. The van der Waals surface area contributed by atoms with Crippen LogP contribution >= 0.6 is 0 Å². The molecule has 7 heteroatoms. The summed E-state index contributed by atoms with van der Waals surface area (Å²) in [6.07, 6.45) is 3.58. The number of carbonyl (C=O) groups excluding carboxylic acids is 2. The average molecular weight is 395 g/mol. The third-order valence-electron chi connectivity index (χ3n) is 5.41. The lowest BCUT2D eigenvalue weighted by Gasteiger charge is -2.37. The molecule has 2 amide bonds. The third-order valence-corrected chi connectivity index (χ3v) is 5.41. The molecule has 0 unspecified atom stereocenters. The third kappa shape index (κ3) is 4.63. The molecule has 2 aliphatic heterocycles. The molecule has 1 spiro atoms. The number of nitrogens with one attached hydrogen (secondary N) is 1. The number of hydrogen-bond acceptors (Lipinski definition) is 5. The zero-order valence-electron chi connectivity index (χ0n) is 16.3. The first-order chi connectivity index (χ1) is 14.2. The number of pyridine rings is 1. The molecule has 0 aliphatic carbocycles. The first kappa shape index (κ1) is 19.5. The van der Waals surface area contributed by atoms with E-state index >= 15 is 0 Å². The first-order valence-electron chi connectivity index (χ1n) is 10.0. The summed E-state index contributed by atoms with van der Waals surface area (Å²) < 4.78 is 11.4. The molecule has 1 aromatic heterocycles. The number of hydrogen-bond donors (Lipinski definition) is 1. The zero-order chi connectivity index (χ0) is 20.1. The van der Waals surface area contributed by atoms with Crippen LogP contribution in [0.1, 0.15) is 39.3 Å². The molecule has 7 nitrogen and oxygen atoms in total. The molecule has 4 rings (SSSR count). The maximum absolute atomic E-state index is 12.9. The summed E-state index contributed by atoms with van der Waals surface area (Å²) in [5, 5.41) is 2.87. The van der Waals surface area contributed by atoms with Crippen LogP contribution in [0.3, 0.4) is 0 Å². The summed E-state index contributed by atoms with van der Waals surface area (Å²) in [5.74, 6) is -0.891. The van der Waals surface area contributed by atoms with Gasteiger partial charge >= 0.3 is 0 Å². The molecule has 2 aromatic rings. The van der Waals surface area contributed by atoms with Crippen LogP contribution in [0.15, 0.2) is 48.7 Å². The van der Waals surface area contributed by atoms with Crippen molar-refractivity contribution in [3.63, 3.8) is 0 Å². The standard InChI is InChI=1S/C22H25N3O4/c26-20(24-10-6-17-4-2-1-3-5-17)19-16-18(7-11-23-19)21(27)25-12-8-22(9-13-25)28-14-15-29-22/h1-5,7,11,16H,6,8-10,12-15H2,(H,24,26). The number of ether oxygens (including phenoxy) is 2. The molecular formula is C22H25N3O4. The van der Waals surface area contributed by atoms with Crippen molar-refractivity contribution in [1.29, 1.82) is 0 Å². The van der Waals surface area contributed by atoms with Gasteiger partial charge in [-0.05, 0) is 24.1 Å². The normalized spacial score (nSPS) is 18.0. The topological polar surface area (TPSA) is 80.8 Å². The highest BCUT2D eigenvalue weighted by atomic mass is 16.7. The molecule has 2 aliphatic rings. The number of carbonyl (C=O) groups is 2. The number of rotatable bonds is 5. The zero-order valence-corrected chi connectivity index (χ0v) is 16.3. The van der Waals surface area contributed by atoms with Crippen LogP contribution in [-0.2, 0) is 15.9 Å². The van der Waals surface area contributed by atoms with Crippen molar-refractivity contribution in [2.75, 3.05) is 32.8 Å². The van der Waals surface area contributed by atoms with Crippen molar-refractivity contribution in [3.05, 3.63) is 65.5 Å². The van der Waals surface area contributed by atoms with E-state index in [2.05, 4.69) is 10.3 Å². The second-order valence-corrected chi connectivity index (χ2v) is 7.32. The predicted molar refractivity (Wildman–Crippen MR) is 106 cm³/mol. The van der Waals surface area contributed by atoms with E-state index in [0.29, 0.717) is 51.3 Å². The number of likely N-dealkylation sites (tertiary alicyclic amines) is 1. The van der Waals surface area contributed by atoms with Gasteiger partial charge in [0.25, 0.3) is 11.8 Å². The van der Waals surface area contributed by atoms with E-state index in [4.69, 9.17) is 9.47 Å². The van der Waals surface area contributed by atoms with Crippen molar-refractivity contribution < 1.29 is 19.1 Å². The fourth-order valence-corrected chi connectivity index (χ4v) is 3.76. The van der Waals surface area contributed by atoms with Gasteiger partial charge < -0.3 is 19.7 Å². The molecule has 0 saturated carbocycles. The van der Waals surface area contributed by atoms with Crippen LogP contribution in [0.2, 0.25) is 0 Å². The Morgan fingerprint density at radius 3 is 2.52 bits per heavy atom. The quantitative estimate of drug-likeness (QED) is 0.838. The highest BCUT2D eigenvalue weighted by Gasteiger charge is 2.40. The minimum Gasteiger partial charge on any atom is -0.350 e. The Morgan fingerprint density at radius 2 is 1.79 bits per heavy atom. The molecule has 2 saturated heterocycles. The van der Waals surface area contributed by atoms with Gasteiger partial charge in [0, 0.05) is 44.2 Å². The number of aromatic nitrogens is 1. The van der Waals surface area contributed by atoms with Crippen molar-refractivity contribution in [2.24, 2.45) is 0 Å². The van der Waals surface area contributed by atoms with Crippen molar-refractivity contribution in [2.45, 2.75) is 25.0 Å². The second-order valence-electron chi connectivity index (χ2n) is 7.32. The van der Waals surface area contributed by atoms with Gasteiger partial charge in [-0.1, -0.05) is 30.3 Å². The largest absolute Gasteiger partial charge is 0.350 e. The molecule has 0 bridgehead atoms. The fourth-order valence-electron chi connectivity index (χ4n) is 3.76. The van der Waals surface area contributed by atoms with Crippen molar-refractivity contribution in [1.82, 2.24) is 15.2 Å². The van der Waals surface area contributed by atoms with Crippen molar-refractivity contribution >= 4 is 11.8 Å². The Bertz CT molecular complexity index is 855. The molecule has 1 aromatic carbocycles. The van der Waals surface area contributed by atoms with Crippen LogP contribution in [-0.4, -0.2) is 60.3 Å². The monoisotopic (exact) mass is 395 g/mol. The first-order valence-corrected chi connectivity index (χ1v) is 10.0. The number of piperidine rings is 1. The molecule has 1 N–H and O–H groups in total. The van der Waals surface area contributed by atoms with Gasteiger partial charge in [0.15, 0.2) is 5.79 Å². The minimum absolute atomic E-state index is 0.0985.